The Kier molecular flexibility index (Phi) is 4.51. The molecule has 0 fully saturated rings. The van der Waals surface area contributed by atoms with Crippen molar-refractivity contribution in [3.63, 3.8) is 0 Å². The molecule has 0 radical (unpaired) electrons. The zero-order chi connectivity index (χ0) is 11.4. The molecule has 0 aromatic heterocycles. The Labute approximate surface area is 94.1 Å². The van der Waals surface area contributed by atoms with Crippen LogP contribution in [-0.4, -0.2) is 17.8 Å². The Bertz CT molecular complexity index is 330. The third-order valence-corrected chi connectivity index (χ3v) is 2.45. The van der Waals surface area contributed by atoms with Gasteiger partial charge < -0.3 is 10.4 Å². The molecule has 0 bridgehead atoms. The topological polar surface area (TPSA) is 32.3 Å². The van der Waals surface area contributed by atoms with Crippen LogP contribution in [0.15, 0.2) is 18.2 Å². The van der Waals surface area contributed by atoms with E-state index in [0.717, 1.165) is 5.56 Å². The van der Waals surface area contributed by atoms with Crippen molar-refractivity contribution in [1.82, 2.24) is 5.32 Å². The number of hydrogen-bond donors (Lipinski definition) is 2. The average molecular weight is 232 g/mol. The van der Waals surface area contributed by atoms with Crippen molar-refractivity contribution < 1.29 is 9.50 Å². The second kappa shape index (κ2) is 5.45. The molecule has 4 heteroatoms. The Morgan fingerprint density at radius 2 is 2.13 bits per heavy atom. The fourth-order valence-corrected chi connectivity index (χ4v) is 1.44. The van der Waals surface area contributed by atoms with Crippen LogP contribution in [-0.2, 0) is 0 Å². The van der Waals surface area contributed by atoms with Gasteiger partial charge in [-0.05, 0) is 31.5 Å². The highest BCUT2D eigenvalue weighted by molar-refractivity contribution is 6.30. The van der Waals surface area contributed by atoms with E-state index in [9.17, 15) is 4.39 Å². The highest BCUT2D eigenvalue weighted by Crippen LogP contribution is 2.20. The Morgan fingerprint density at radius 1 is 1.47 bits per heavy atom. The van der Waals surface area contributed by atoms with Crippen molar-refractivity contribution in [3.05, 3.63) is 34.6 Å². The first-order chi connectivity index (χ1) is 7.00. The van der Waals surface area contributed by atoms with Gasteiger partial charge in [0.05, 0.1) is 11.1 Å². The third-order valence-electron chi connectivity index (χ3n) is 2.16. The molecule has 2 N–H and O–H groups in total. The van der Waals surface area contributed by atoms with Crippen molar-refractivity contribution in [2.45, 2.75) is 26.0 Å². The molecule has 0 amide bonds. The molecule has 0 aliphatic rings. The second-order valence-corrected chi connectivity index (χ2v) is 4.06. The van der Waals surface area contributed by atoms with Crippen molar-refractivity contribution in [2.75, 3.05) is 6.54 Å². The molecule has 84 valence electrons. The first kappa shape index (κ1) is 12.4. The summed E-state index contributed by atoms with van der Waals surface area (Å²) in [5.74, 6) is -0.414. The molecule has 1 aromatic rings. The van der Waals surface area contributed by atoms with Gasteiger partial charge in [-0.15, -0.1) is 0 Å². The molecule has 0 saturated carbocycles. The molecule has 0 aliphatic carbocycles. The van der Waals surface area contributed by atoms with E-state index in [-0.39, 0.29) is 11.1 Å². The van der Waals surface area contributed by atoms with Crippen LogP contribution in [0.5, 0.6) is 0 Å². The monoisotopic (exact) mass is 231 g/mol. The van der Waals surface area contributed by atoms with E-state index in [1.54, 1.807) is 19.1 Å². The highest BCUT2D eigenvalue weighted by Gasteiger charge is 2.08. The Hall–Kier alpha value is -0.640. The molecule has 0 aliphatic heterocycles. The first-order valence-electron chi connectivity index (χ1n) is 4.87. The molecule has 0 saturated heterocycles. The lowest BCUT2D eigenvalue weighted by atomic mass is 10.1. The van der Waals surface area contributed by atoms with Gasteiger partial charge in [-0.2, -0.15) is 0 Å². The van der Waals surface area contributed by atoms with Crippen LogP contribution in [0.4, 0.5) is 4.39 Å². The van der Waals surface area contributed by atoms with Gasteiger partial charge in [-0.1, -0.05) is 17.7 Å². The third kappa shape index (κ3) is 3.78. The lowest BCUT2D eigenvalue weighted by Crippen LogP contribution is -2.27. The molecule has 1 unspecified atom stereocenters. The molecule has 1 rings (SSSR count). The van der Waals surface area contributed by atoms with Crippen LogP contribution in [0, 0.1) is 5.82 Å². The van der Waals surface area contributed by atoms with E-state index in [1.807, 2.05) is 6.92 Å². The SMILES string of the molecule is CC(NC[C@@H](C)O)c1ccc(F)c(Cl)c1. The maximum atomic E-state index is 12.9. The minimum atomic E-state index is -0.414. The maximum absolute atomic E-state index is 12.9. The molecule has 2 atom stereocenters. The van der Waals surface area contributed by atoms with Crippen LogP contribution >= 0.6 is 11.6 Å². The zero-order valence-corrected chi connectivity index (χ0v) is 9.55. The van der Waals surface area contributed by atoms with Gasteiger partial charge in [0.25, 0.3) is 0 Å². The lowest BCUT2D eigenvalue weighted by molar-refractivity contribution is 0.187. The van der Waals surface area contributed by atoms with Crippen LogP contribution in [0.3, 0.4) is 0 Å². The van der Waals surface area contributed by atoms with Crippen LogP contribution < -0.4 is 5.32 Å². The van der Waals surface area contributed by atoms with Gasteiger partial charge >= 0.3 is 0 Å². The Morgan fingerprint density at radius 3 is 2.67 bits per heavy atom. The van der Waals surface area contributed by atoms with Gasteiger partial charge in [-0.3, -0.25) is 0 Å². The van der Waals surface area contributed by atoms with E-state index in [2.05, 4.69) is 5.32 Å². The van der Waals surface area contributed by atoms with Gasteiger partial charge in [-0.25, -0.2) is 4.39 Å². The van der Waals surface area contributed by atoms with Crippen LogP contribution in [0.1, 0.15) is 25.5 Å². The molecule has 15 heavy (non-hydrogen) atoms. The summed E-state index contributed by atoms with van der Waals surface area (Å²) in [6.45, 7) is 4.14. The van der Waals surface area contributed by atoms with E-state index < -0.39 is 11.9 Å². The number of rotatable bonds is 4. The summed E-state index contributed by atoms with van der Waals surface area (Å²) in [7, 11) is 0. The fourth-order valence-electron chi connectivity index (χ4n) is 1.25. The van der Waals surface area contributed by atoms with E-state index in [4.69, 9.17) is 16.7 Å². The molecule has 0 heterocycles. The lowest BCUT2D eigenvalue weighted by Gasteiger charge is -2.15. The summed E-state index contributed by atoms with van der Waals surface area (Å²) in [6.07, 6.45) is -0.400. The molecule has 0 spiro atoms. The van der Waals surface area contributed by atoms with Gasteiger partial charge in [0.2, 0.25) is 0 Å². The smallest absolute Gasteiger partial charge is 0.141 e. The summed E-state index contributed by atoms with van der Waals surface area (Å²) >= 11 is 5.67. The van der Waals surface area contributed by atoms with Gasteiger partial charge in [0, 0.05) is 12.6 Å². The maximum Gasteiger partial charge on any atom is 0.141 e. The summed E-state index contributed by atoms with van der Waals surface area (Å²) < 4.78 is 12.9. The molecule has 1 aromatic carbocycles. The zero-order valence-electron chi connectivity index (χ0n) is 8.80. The standard InChI is InChI=1S/C11H15ClFNO/c1-7(15)6-14-8(2)9-3-4-11(13)10(12)5-9/h3-5,7-8,14-15H,6H2,1-2H3/t7-,8?/m1/s1. The predicted molar refractivity (Wildman–Crippen MR) is 59.5 cm³/mol. The average Bonchev–Trinajstić information content (AvgIpc) is 2.18. The fraction of sp³-hybridized carbons (Fsp3) is 0.455. The minimum Gasteiger partial charge on any atom is -0.392 e. The second-order valence-electron chi connectivity index (χ2n) is 3.65. The van der Waals surface area contributed by atoms with Crippen LogP contribution in [0.2, 0.25) is 5.02 Å². The van der Waals surface area contributed by atoms with E-state index >= 15 is 0 Å². The predicted octanol–water partition coefficient (Wildman–Crippen LogP) is 2.51. The summed E-state index contributed by atoms with van der Waals surface area (Å²) in [5, 5.41) is 12.3. The number of aliphatic hydroxyl groups is 1. The molecule has 2 nitrogen and oxygen atoms in total. The van der Waals surface area contributed by atoms with Gasteiger partial charge in [0.15, 0.2) is 0 Å². The molecular formula is C11H15ClFNO. The van der Waals surface area contributed by atoms with Crippen molar-refractivity contribution in [1.29, 1.82) is 0 Å². The minimum absolute atomic E-state index is 0.0395. The first-order valence-corrected chi connectivity index (χ1v) is 5.25. The summed E-state index contributed by atoms with van der Waals surface area (Å²) in [5.41, 5.74) is 0.905. The normalized spacial score (nSPS) is 15.0. The highest BCUT2D eigenvalue weighted by atomic mass is 35.5. The number of hydrogen-bond acceptors (Lipinski definition) is 2. The van der Waals surface area contributed by atoms with Crippen molar-refractivity contribution in [2.24, 2.45) is 0 Å². The quantitative estimate of drug-likeness (QED) is 0.835. The summed E-state index contributed by atoms with van der Waals surface area (Å²) in [4.78, 5) is 0. The van der Waals surface area contributed by atoms with Crippen molar-refractivity contribution >= 4 is 11.6 Å². The number of nitrogens with one attached hydrogen (secondary N) is 1. The number of aliphatic hydroxyl groups excluding tert-OH is 1. The summed E-state index contributed by atoms with van der Waals surface area (Å²) in [6, 6.07) is 4.66. The Balaban J connectivity index is 2.65. The number of halogens is 2. The van der Waals surface area contributed by atoms with E-state index in [1.165, 1.54) is 6.07 Å². The van der Waals surface area contributed by atoms with Gasteiger partial charge in [0.1, 0.15) is 5.82 Å². The van der Waals surface area contributed by atoms with E-state index in [0.29, 0.717) is 6.54 Å². The van der Waals surface area contributed by atoms with Crippen molar-refractivity contribution in [3.8, 4) is 0 Å². The van der Waals surface area contributed by atoms with Crippen LogP contribution in [0.25, 0.3) is 0 Å². The number of benzene rings is 1. The largest absolute Gasteiger partial charge is 0.392 e. The molecular weight excluding hydrogens is 217 g/mol.